The van der Waals surface area contributed by atoms with Gasteiger partial charge in [0.1, 0.15) is 0 Å². The van der Waals surface area contributed by atoms with Crippen LogP contribution in [-0.4, -0.2) is 29.1 Å². The van der Waals surface area contributed by atoms with E-state index in [9.17, 15) is 4.79 Å². The van der Waals surface area contributed by atoms with Crippen molar-refractivity contribution in [2.24, 2.45) is 5.92 Å². The maximum atomic E-state index is 12.6. The molecule has 1 aliphatic rings. The lowest BCUT2D eigenvalue weighted by atomic mass is 9.99. The number of carbonyl (C=O) groups is 1. The zero-order chi connectivity index (χ0) is 14.5. The van der Waals surface area contributed by atoms with Gasteiger partial charge in [-0.1, -0.05) is 47.0 Å². The minimum Gasteiger partial charge on any atom is -0.326 e. The smallest absolute Gasteiger partial charge is 0.243 e. The second-order valence-electron chi connectivity index (χ2n) is 6.53. The molecule has 1 heterocycles. The van der Waals surface area contributed by atoms with E-state index >= 15 is 0 Å². The molecule has 1 amide bonds. The van der Waals surface area contributed by atoms with Crippen LogP contribution in [0.2, 0.25) is 0 Å². The van der Waals surface area contributed by atoms with Gasteiger partial charge in [-0.3, -0.25) is 10.1 Å². The van der Waals surface area contributed by atoms with Crippen molar-refractivity contribution in [2.75, 3.05) is 6.54 Å². The average molecular weight is 268 g/mol. The van der Waals surface area contributed by atoms with Crippen LogP contribution in [0.3, 0.4) is 0 Å². The Labute approximate surface area is 119 Å². The number of carbonyl (C=O) groups excluding carboxylic acids is 1. The van der Waals surface area contributed by atoms with Crippen LogP contribution in [0.25, 0.3) is 0 Å². The summed E-state index contributed by atoms with van der Waals surface area (Å²) >= 11 is 0. The van der Waals surface area contributed by atoms with Crippen molar-refractivity contribution in [2.45, 2.75) is 84.8 Å². The van der Waals surface area contributed by atoms with Crippen molar-refractivity contribution >= 4 is 5.91 Å². The largest absolute Gasteiger partial charge is 0.326 e. The van der Waals surface area contributed by atoms with E-state index in [2.05, 4.69) is 44.8 Å². The van der Waals surface area contributed by atoms with Crippen molar-refractivity contribution in [3.63, 3.8) is 0 Å². The van der Waals surface area contributed by atoms with Gasteiger partial charge >= 0.3 is 0 Å². The fourth-order valence-electron chi connectivity index (χ4n) is 2.82. The molecule has 0 radical (unpaired) electrons. The molecule has 2 unspecified atom stereocenters. The first-order chi connectivity index (χ1) is 8.94. The molecule has 0 spiro atoms. The molecule has 0 saturated carbocycles. The Morgan fingerprint density at radius 3 is 2.47 bits per heavy atom. The Bertz CT molecular complexity index is 290. The van der Waals surface area contributed by atoms with Crippen molar-refractivity contribution < 1.29 is 4.79 Å². The lowest BCUT2D eigenvalue weighted by molar-refractivity contribution is -0.133. The molecule has 0 aromatic rings. The first-order valence-electron chi connectivity index (χ1n) is 8.03. The van der Waals surface area contributed by atoms with Gasteiger partial charge in [0.2, 0.25) is 5.91 Å². The topological polar surface area (TPSA) is 32.3 Å². The average Bonchev–Trinajstić information content (AvgIpc) is 2.58. The molecule has 112 valence electrons. The highest BCUT2D eigenvalue weighted by atomic mass is 16.2. The number of rotatable bonds is 8. The Morgan fingerprint density at radius 1 is 1.26 bits per heavy atom. The van der Waals surface area contributed by atoms with Gasteiger partial charge in [0.25, 0.3) is 0 Å². The molecule has 0 aromatic carbocycles. The molecular weight excluding hydrogens is 236 g/mol. The van der Waals surface area contributed by atoms with E-state index in [1.807, 2.05) is 0 Å². The molecule has 1 saturated heterocycles. The number of nitrogens with one attached hydrogen (secondary N) is 1. The van der Waals surface area contributed by atoms with Gasteiger partial charge < -0.3 is 4.90 Å². The Morgan fingerprint density at radius 2 is 1.95 bits per heavy atom. The van der Waals surface area contributed by atoms with Gasteiger partial charge in [-0.25, -0.2) is 0 Å². The van der Waals surface area contributed by atoms with Gasteiger partial charge in [0.05, 0.1) is 11.7 Å². The fraction of sp³-hybridized carbons (Fsp3) is 0.938. The van der Waals surface area contributed by atoms with Crippen molar-refractivity contribution in [3.8, 4) is 0 Å². The van der Waals surface area contributed by atoms with Gasteiger partial charge in [-0.05, 0) is 32.1 Å². The molecule has 1 fully saturated rings. The summed E-state index contributed by atoms with van der Waals surface area (Å²) in [6, 6.07) is 0. The zero-order valence-corrected chi connectivity index (χ0v) is 13.5. The summed E-state index contributed by atoms with van der Waals surface area (Å²) in [5, 5.41) is 3.57. The Hall–Kier alpha value is -0.570. The van der Waals surface area contributed by atoms with Crippen molar-refractivity contribution in [1.29, 1.82) is 0 Å². The van der Waals surface area contributed by atoms with Gasteiger partial charge in [0, 0.05) is 6.54 Å². The number of unbranched alkanes of at least 4 members (excludes halogenated alkanes) is 3. The van der Waals surface area contributed by atoms with Gasteiger partial charge in [-0.15, -0.1) is 0 Å². The second kappa shape index (κ2) is 7.28. The SMILES string of the molecule is CCCCCCN1C(=O)C(C)(CC)NC1CC(C)C. The predicted octanol–water partition coefficient (Wildman–Crippen LogP) is 3.54. The quantitative estimate of drug-likeness (QED) is 0.683. The van der Waals surface area contributed by atoms with Crippen molar-refractivity contribution in [1.82, 2.24) is 10.2 Å². The van der Waals surface area contributed by atoms with E-state index in [0.717, 1.165) is 25.8 Å². The van der Waals surface area contributed by atoms with Crippen LogP contribution in [0.4, 0.5) is 0 Å². The van der Waals surface area contributed by atoms with E-state index in [1.54, 1.807) is 0 Å². The lowest BCUT2D eigenvalue weighted by Crippen LogP contribution is -2.44. The number of nitrogens with zero attached hydrogens (tertiary/aromatic N) is 1. The van der Waals surface area contributed by atoms with E-state index in [-0.39, 0.29) is 11.7 Å². The van der Waals surface area contributed by atoms with Crippen LogP contribution in [0.15, 0.2) is 0 Å². The van der Waals surface area contributed by atoms with Gasteiger partial charge in [0.15, 0.2) is 0 Å². The summed E-state index contributed by atoms with van der Waals surface area (Å²) < 4.78 is 0. The number of amides is 1. The van der Waals surface area contributed by atoms with E-state index in [4.69, 9.17) is 0 Å². The minimum atomic E-state index is -0.343. The van der Waals surface area contributed by atoms with Crippen molar-refractivity contribution in [3.05, 3.63) is 0 Å². The predicted molar refractivity (Wildman–Crippen MR) is 80.9 cm³/mol. The first-order valence-corrected chi connectivity index (χ1v) is 8.03. The molecule has 1 aliphatic heterocycles. The summed E-state index contributed by atoms with van der Waals surface area (Å²) in [6.07, 6.45) is 7.04. The molecule has 3 heteroatoms. The fourth-order valence-corrected chi connectivity index (χ4v) is 2.82. The summed E-state index contributed by atoms with van der Waals surface area (Å²) in [4.78, 5) is 14.7. The number of hydrogen-bond acceptors (Lipinski definition) is 2. The van der Waals surface area contributed by atoms with Gasteiger partial charge in [-0.2, -0.15) is 0 Å². The molecule has 2 atom stereocenters. The monoisotopic (exact) mass is 268 g/mol. The molecule has 3 nitrogen and oxygen atoms in total. The molecular formula is C16H32N2O. The normalized spacial score (nSPS) is 27.6. The Kier molecular flexibility index (Phi) is 6.31. The maximum absolute atomic E-state index is 12.6. The zero-order valence-electron chi connectivity index (χ0n) is 13.5. The molecule has 1 rings (SSSR count). The van der Waals surface area contributed by atoms with Crippen LogP contribution >= 0.6 is 0 Å². The lowest BCUT2D eigenvalue weighted by Gasteiger charge is -2.25. The molecule has 0 bridgehead atoms. The van der Waals surface area contributed by atoms with Crippen LogP contribution in [0.5, 0.6) is 0 Å². The van der Waals surface area contributed by atoms with Crippen LogP contribution in [0, 0.1) is 5.92 Å². The molecule has 0 aliphatic carbocycles. The molecule has 1 N–H and O–H groups in total. The summed E-state index contributed by atoms with van der Waals surface area (Å²) in [5.41, 5.74) is -0.343. The van der Waals surface area contributed by atoms with Crippen LogP contribution < -0.4 is 5.32 Å². The third kappa shape index (κ3) is 4.20. The summed E-state index contributed by atoms with van der Waals surface area (Å²) in [6.45, 7) is 11.7. The number of hydrogen-bond donors (Lipinski definition) is 1. The van der Waals surface area contributed by atoms with Crippen LogP contribution in [0.1, 0.15) is 73.1 Å². The highest BCUT2D eigenvalue weighted by molar-refractivity contribution is 5.88. The van der Waals surface area contributed by atoms with E-state index in [0.29, 0.717) is 11.8 Å². The molecule has 0 aromatic heterocycles. The minimum absolute atomic E-state index is 0.235. The second-order valence-corrected chi connectivity index (χ2v) is 6.53. The third-order valence-electron chi connectivity index (χ3n) is 4.25. The summed E-state index contributed by atoms with van der Waals surface area (Å²) in [7, 11) is 0. The highest BCUT2D eigenvalue weighted by Crippen LogP contribution is 2.27. The summed E-state index contributed by atoms with van der Waals surface area (Å²) in [5.74, 6) is 0.916. The Balaban J connectivity index is 2.63. The third-order valence-corrected chi connectivity index (χ3v) is 4.25. The highest BCUT2D eigenvalue weighted by Gasteiger charge is 2.46. The standard InChI is InChI=1S/C16H32N2O/c1-6-8-9-10-11-18-14(12-13(3)4)17-16(5,7-2)15(18)19/h13-14,17H,6-12H2,1-5H3. The van der Waals surface area contributed by atoms with E-state index in [1.165, 1.54) is 19.3 Å². The first kappa shape index (κ1) is 16.5. The van der Waals surface area contributed by atoms with Crippen LogP contribution in [-0.2, 0) is 4.79 Å². The maximum Gasteiger partial charge on any atom is 0.243 e. The molecule has 19 heavy (non-hydrogen) atoms. The van der Waals surface area contributed by atoms with E-state index < -0.39 is 0 Å².